The summed E-state index contributed by atoms with van der Waals surface area (Å²) in [6.45, 7) is 2.12. The fourth-order valence-corrected chi connectivity index (χ4v) is 1.67. The SMILES string of the molecule is CCCCC(Cl)(Cl)CCCl. The molecule has 10 heavy (non-hydrogen) atoms. The maximum absolute atomic E-state index is 5.90. The molecule has 0 aliphatic heterocycles. The summed E-state index contributed by atoms with van der Waals surface area (Å²) < 4.78 is -0.586. The van der Waals surface area contributed by atoms with Gasteiger partial charge in [0.1, 0.15) is 4.33 Å². The highest BCUT2D eigenvalue weighted by Crippen LogP contribution is 2.31. The van der Waals surface area contributed by atoms with E-state index in [1.54, 1.807) is 0 Å². The van der Waals surface area contributed by atoms with Crippen LogP contribution in [0, 0.1) is 0 Å². The van der Waals surface area contributed by atoms with Gasteiger partial charge in [0.2, 0.25) is 0 Å². The Bertz CT molecular complexity index is 80.9. The van der Waals surface area contributed by atoms with E-state index in [2.05, 4.69) is 6.92 Å². The molecule has 0 aliphatic rings. The third-order valence-corrected chi connectivity index (χ3v) is 2.30. The summed E-state index contributed by atoms with van der Waals surface area (Å²) in [6.07, 6.45) is 3.73. The summed E-state index contributed by atoms with van der Waals surface area (Å²) in [5, 5.41) is 0. The van der Waals surface area contributed by atoms with Gasteiger partial charge in [-0.15, -0.1) is 34.8 Å². The molecule has 0 heterocycles. The van der Waals surface area contributed by atoms with Gasteiger partial charge in [-0.1, -0.05) is 19.8 Å². The number of hydrogen-bond acceptors (Lipinski definition) is 0. The van der Waals surface area contributed by atoms with Crippen molar-refractivity contribution < 1.29 is 0 Å². The molecule has 0 radical (unpaired) electrons. The fraction of sp³-hybridized carbons (Fsp3) is 1.00. The van der Waals surface area contributed by atoms with Crippen LogP contribution >= 0.6 is 34.8 Å². The Kier molecular flexibility index (Phi) is 5.99. The number of unbranched alkanes of at least 4 members (excludes halogenated alkanes) is 1. The van der Waals surface area contributed by atoms with Gasteiger partial charge in [-0.25, -0.2) is 0 Å². The number of rotatable bonds is 5. The normalized spacial score (nSPS) is 12.0. The number of hydrogen-bond donors (Lipinski definition) is 0. The molecule has 0 saturated heterocycles. The summed E-state index contributed by atoms with van der Waals surface area (Å²) in [6, 6.07) is 0. The van der Waals surface area contributed by atoms with Gasteiger partial charge < -0.3 is 0 Å². The van der Waals surface area contributed by atoms with Gasteiger partial charge in [0.05, 0.1) is 0 Å². The molecule has 0 bridgehead atoms. The van der Waals surface area contributed by atoms with E-state index in [1.807, 2.05) is 0 Å². The maximum Gasteiger partial charge on any atom is 0.119 e. The Morgan fingerprint density at radius 2 is 1.80 bits per heavy atom. The van der Waals surface area contributed by atoms with Crippen LogP contribution in [0.25, 0.3) is 0 Å². The average molecular weight is 204 g/mol. The first kappa shape index (κ1) is 10.9. The van der Waals surface area contributed by atoms with Crippen LogP contribution in [0.5, 0.6) is 0 Å². The molecule has 0 aromatic rings. The smallest absolute Gasteiger partial charge is 0.119 e. The first-order valence-corrected chi connectivity index (χ1v) is 4.85. The first-order valence-electron chi connectivity index (χ1n) is 3.56. The quantitative estimate of drug-likeness (QED) is 0.593. The predicted octanol–water partition coefficient (Wildman–Crippen LogP) is 3.98. The average Bonchev–Trinajstić information content (AvgIpc) is 1.84. The molecule has 0 amide bonds. The Morgan fingerprint density at radius 1 is 1.20 bits per heavy atom. The number of alkyl halides is 3. The molecule has 0 aromatic heterocycles. The lowest BCUT2D eigenvalue weighted by molar-refractivity contribution is 0.623. The van der Waals surface area contributed by atoms with Crippen molar-refractivity contribution in [2.75, 3.05) is 5.88 Å². The molecule has 0 aromatic carbocycles. The molecule has 0 nitrogen and oxygen atoms in total. The monoisotopic (exact) mass is 202 g/mol. The van der Waals surface area contributed by atoms with Crippen LogP contribution < -0.4 is 0 Å². The number of halogens is 3. The van der Waals surface area contributed by atoms with Gasteiger partial charge in [0.25, 0.3) is 0 Å². The topological polar surface area (TPSA) is 0 Å². The van der Waals surface area contributed by atoms with Crippen molar-refractivity contribution in [3.05, 3.63) is 0 Å². The standard InChI is InChI=1S/C7H13Cl3/c1-2-3-4-7(9,10)5-6-8/h2-6H2,1H3. The van der Waals surface area contributed by atoms with Gasteiger partial charge in [0, 0.05) is 5.88 Å². The third-order valence-electron chi connectivity index (χ3n) is 1.36. The summed E-state index contributed by atoms with van der Waals surface area (Å²) in [4.78, 5) is 0. The lowest BCUT2D eigenvalue weighted by Gasteiger charge is -2.16. The highest BCUT2D eigenvalue weighted by Gasteiger charge is 2.21. The Hall–Kier alpha value is 0.870. The molecule has 0 rings (SSSR count). The molecule has 0 unspecified atom stereocenters. The second kappa shape index (κ2) is 5.51. The molecular formula is C7H13Cl3. The highest BCUT2D eigenvalue weighted by atomic mass is 35.5. The lowest BCUT2D eigenvalue weighted by Crippen LogP contribution is -2.12. The maximum atomic E-state index is 5.90. The zero-order valence-corrected chi connectivity index (χ0v) is 8.44. The van der Waals surface area contributed by atoms with E-state index in [4.69, 9.17) is 34.8 Å². The van der Waals surface area contributed by atoms with Gasteiger partial charge in [-0.3, -0.25) is 0 Å². The highest BCUT2D eigenvalue weighted by molar-refractivity contribution is 6.48. The van der Waals surface area contributed by atoms with Crippen LogP contribution in [0.2, 0.25) is 0 Å². The fourth-order valence-electron chi connectivity index (χ4n) is 0.699. The van der Waals surface area contributed by atoms with Gasteiger partial charge in [-0.05, 0) is 12.8 Å². The molecule has 0 saturated carbocycles. The Labute approximate surface area is 77.8 Å². The van der Waals surface area contributed by atoms with E-state index in [0.717, 1.165) is 19.3 Å². The third kappa shape index (κ3) is 5.64. The van der Waals surface area contributed by atoms with Crippen LogP contribution in [-0.4, -0.2) is 10.2 Å². The van der Waals surface area contributed by atoms with E-state index >= 15 is 0 Å². The van der Waals surface area contributed by atoms with Crippen molar-refractivity contribution in [1.29, 1.82) is 0 Å². The van der Waals surface area contributed by atoms with Crippen molar-refractivity contribution in [3.63, 3.8) is 0 Å². The zero-order chi connectivity index (χ0) is 8.04. The van der Waals surface area contributed by atoms with Crippen molar-refractivity contribution >= 4 is 34.8 Å². The van der Waals surface area contributed by atoms with Gasteiger partial charge in [0.15, 0.2) is 0 Å². The Morgan fingerprint density at radius 3 is 2.20 bits per heavy atom. The predicted molar refractivity (Wildman–Crippen MR) is 49.3 cm³/mol. The van der Waals surface area contributed by atoms with Crippen LogP contribution in [0.4, 0.5) is 0 Å². The van der Waals surface area contributed by atoms with Crippen LogP contribution in [0.1, 0.15) is 32.6 Å². The van der Waals surface area contributed by atoms with E-state index < -0.39 is 4.33 Å². The molecule has 0 aliphatic carbocycles. The zero-order valence-electron chi connectivity index (χ0n) is 6.17. The lowest BCUT2D eigenvalue weighted by atomic mass is 10.1. The van der Waals surface area contributed by atoms with Crippen LogP contribution in [0.3, 0.4) is 0 Å². The minimum absolute atomic E-state index is 0.538. The van der Waals surface area contributed by atoms with Gasteiger partial charge >= 0.3 is 0 Å². The van der Waals surface area contributed by atoms with Crippen molar-refractivity contribution in [2.24, 2.45) is 0 Å². The molecular weight excluding hydrogens is 190 g/mol. The van der Waals surface area contributed by atoms with Crippen molar-refractivity contribution in [3.8, 4) is 0 Å². The van der Waals surface area contributed by atoms with Crippen molar-refractivity contribution in [1.82, 2.24) is 0 Å². The second-order valence-corrected chi connectivity index (χ2v) is 4.42. The molecule has 0 spiro atoms. The Balaban J connectivity index is 3.42. The largest absolute Gasteiger partial charge is 0.127 e. The second-order valence-electron chi connectivity index (χ2n) is 2.40. The van der Waals surface area contributed by atoms with E-state index in [-0.39, 0.29) is 0 Å². The summed E-state index contributed by atoms with van der Waals surface area (Å²) in [7, 11) is 0. The van der Waals surface area contributed by atoms with Crippen LogP contribution in [-0.2, 0) is 0 Å². The van der Waals surface area contributed by atoms with Crippen molar-refractivity contribution in [2.45, 2.75) is 36.9 Å². The summed E-state index contributed by atoms with van der Waals surface area (Å²) >= 11 is 17.3. The molecule has 0 atom stereocenters. The van der Waals surface area contributed by atoms with E-state index in [1.165, 1.54) is 0 Å². The molecule has 0 N–H and O–H groups in total. The molecule has 0 fully saturated rings. The minimum atomic E-state index is -0.586. The van der Waals surface area contributed by atoms with E-state index in [0.29, 0.717) is 12.3 Å². The molecule has 62 valence electrons. The first-order chi connectivity index (χ1) is 4.62. The van der Waals surface area contributed by atoms with Gasteiger partial charge in [-0.2, -0.15) is 0 Å². The summed E-state index contributed by atoms with van der Waals surface area (Å²) in [5.74, 6) is 0.538. The minimum Gasteiger partial charge on any atom is -0.127 e. The van der Waals surface area contributed by atoms with E-state index in [9.17, 15) is 0 Å². The molecule has 3 heteroatoms. The summed E-state index contributed by atoms with van der Waals surface area (Å²) in [5.41, 5.74) is 0. The van der Waals surface area contributed by atoms with Crippen LogP contribution in [0.15, 0.2) is 0 Å².